The molecule has 1 aliphatic rings. The fourth-order valence-electron chi connectivity index (χ4n) is 2.38. The van der Waals surface area contributed by atoms with Crippen LogP contribution in [0.4, 0.5) is 4.79 Å². The molecule has 5 heteroatoms. The first kappa shape index (κ1) is 13.8. The van der Waals surface area contributed by atoms with Crippen LogP contribution in [0.2, 0.25) is 0 Å². The molecule has 98 valence electrons. The van der Waals surface area contributed by atoms with Gasteiger partial charge in [-0.25, -0.2) is 4.79 Å². The number of carboxylic acid groups (broad SMARTS) is 1. The van der Waals surface area contributed by atoms with Gasteiger partial charge in [0.05, 0.1) is 5.92 Å². The number of hydrogen-bond donors (Lipinski definition) is 1. The SMILES string of the molecule is CCCN(CC)C(=O)N1CCC(C(=O)O)C1C. The molecular weight excluding hydrogens is 220 g/mol. The molecule has 0 aromatic heterocycles. The first-order valence-electron chi connectivity index (χ1n) is 6.31. The average molecular weight is 242 g/mol. The molecule has 0 saturated carbocycles. The van der Waals surface area contributed by atoms with Gasteiger partial charge in [0.1, 0.15) is 0 Å². The Morgan fingerprint density at radius 3 is 2.47 bits per heavy atom. The van der Waals surface area contributed by atoms with Crippen molar-refractivity contribution in [1.82, 2.24) is 9.80 Å². The number of likely N-dealkylation sites (tertiary alicyclic amines) is 1. The molecule has 1 N–H and O–H groups in total. The predicted molar refractivity (Wildman–Crippen MR) is 64.8 cm³/mol. The van der Waals surface area contributed by atoms with Crippen molar-refractivity contribution in [2.45, 2.75) is 39.7 Å². The molecule has 0 bridgehead atoms. The Kier molecular flexibility index (Phi) is 4.78. The van der Waals surface area contributed by atoms with Gasteiger partial charge in [-0.15, -0.1) is 0 Å². The van der Waals surface area contributed by atoms with Crippen LogP contribution in [0, 0.1) is 5.92 Å². The second kappa shape index (κ2) is 5.89. The molecule has 17 heavy (non-hydrogen) atoms. The Labute approximate surface area is 102 Å². The minimum atomic E-state index is -0.800. The topological polar surface area (TPSA) is 60.9 Å². The standard InChI is InChI=1S/C12H22N2O3/c1-4-7-13(5-2)12(17)14-8-6-10(9(14)3)11(15)16/h9-10H,4-8H2,1-3H3,(H,15,16). The van der Waals surface area contributed by atoms with E-state index in [1.807, 2.05) is 20.8 Å². The maximum atomic E-state index is 12.2. The zero-order valence-electron chi connectivity index (χ0n) is 10.8. The number of carbonyl (C=O) groups excluding carboxylic acids is 1. The summed E-state index contributed by atoms with van der Waals surface area (Å²) in [5.41, 5.74) is 0. The molecule has 5 nitrogen and oxygen atoms in total. The molecule has 2 amide bonds. The van der Waals surface area contributed by atoms with Crippen molar-refractivity contribution in [1.29, 1.82) is 0 Å². The Balaban J connectivity index is 2.67. The van der Waals surface area contributed by atoms with Crippen LogP contribution in [0.5, 0.6) is 0 Å². The number of urea groups is 1. The predicted octanol–water partition coefficient (Wildman–Crippen LogP) is 1.63. The monoisotopic (exact) mass is 242 g/mol. The van der Waals surface area contributed by atoms with E-state index in [0.717, 1.165) is 13.0 Å². The first-order valence-corrected chi connectivity index (χ1v) is 6.31. The van der Waals surface area contributed by atoms with Crippen LogP contribution in [-0.4, -0.2) is 52.6 Å². The van der Waals surface area contributed by atoms with E-state index in [1.54, 1.807) is 9.80 Å². The molecule has 2 atom stereocenters. The van der Waals surface area contributed by atoms with Crippen molar-refractivity contribution in [3.8, 4) is 0 Å². The highest BCUT2D eigenvalue weighted by Crippen LogP contribution is 2.25. The molecule has 1 heterocycles. The third-order valence-corrected chi connectivity index (χ3v) is 3.46. The van der Waals surface area contributed by atoms with Crippen LogP contribution in [0.25, 0.3) is 0 Å². The van der Waals surface area contributed by atoms with Gasteiger partial charge >= 0.3 is 12.0 Å². The summed E-state index contributed by atoms with van der Waals surface area (Å²) in [5.74, 6) is -1.22. The van der Waals surface area contributed by atoms with Crippen molar-refractivity contribution in [3.63, 3.8) is 0 Å². The minimum absolute atomic E-state index is 0.0226. The summed E-state index contributed by atoms with van der Waals surface area (Å²) >= 11 is 0. The van der Waals surface area contributed by atoms with Gasteiger partial charge in [0.15, 0.2) is 0 Å². The molecule has 0 aromatic rings. The third kappa shape index (κ3) is 2.90. The van der Waals surface area contributed by atoms with Crippen molar-refractivity contribution >= 4 is 12.0 Å². The van der Waals surface area contributed by atoms with E-state index < -0.39 is 11.9 Å². The Morgan fingerprint density at radius 2 is 2.06 bits per heavy atom. The van der Waals surface area contributed by atoms with Gasteiger partial charge in [-0.05, 0) is 26.7 Å². The number of carbonyl (C=O) groups is 2. The summed E-state index contributed by atoms with van der Waals surface area (Å²) in [6, 6.07) is -0.225. The lowest BCUT2D eigenvalue weighted by molar-refractivity contribution is -0.142. The van der Waals surface area contributed by atoms with Gasteiger partial charge in [-0.2, -0.15) is 0 Å². The summed E-state index contributed by atoms with van der Waals surface area (Å²) in [6.07, 6.45) is 1.48. The van der Waals surface area contributed by atoms with E-state index in [2.05, 4.69) is 0 Å². The Bertz CT molecular complexity index is 293. The van der Waals surface area contributed by atoms with Crippen LogP contribution in [0.15, 0.2) is 0 Å². The fourth-order valence-corrected chi connectivity index (χ4v) is 2.38. The second-order valence-corrected chi connectivity index (χ2v) is 4.53. The van der Waals surface area contributed by atoms with Gasteiger partial charge in [-0.1, -0.05) is 6.92 Å². The molecule has 0 aromatic carbocycles. The fraction of sp³-hybridized carbons (Fsp3) is 0.833. The van der Waals surface area contributed by atoms with Gasteiger partial charge in [0.2, 0.25) is 0 Å². The zero-order chi connectivity index (χ0) is 13.0. The number of hydrogen-bond acceptors (Lipinski definition) is 2. The maximum Gasteiger partial charge on any atom is 0.320 e. The summed E-state index contributed by atoms with van der Waals surface area (Å²) < 4.78 is 0. The highest BCUT2D eigenvalue weighted by Gasteiger charge is 2.39. The van der Waals surface area contributed by atoms with E-state index in [-0.39, 0.29) is 12.1 Å². The van der Waals surface area contributed by atoms with Gasteiger partial charge in [0, 0.05) is 25.7 Å². The summed E-state index contributed by atoms with van der Waals surface area (Å²) in [5, 5.41) is 9.03. The Morgan fingerprint density at radius 1 is 1.41 bits per heavy atom. The van der Waals surface area contributed by atoms with Crippen molar-refractivity contribution < 1.29 is 14.7 Å². The second-order valence-electron chi connectivity index (χ2n) is 4.53. The Hall–Kier alpha value is -1.26. The smallest absolute Gasteiger partial charge is 0.320 e. The molecule has 0 spiro atoms. The average Bonchev–Trinajstić information content (AvgIpc) is 2.67. The normalized spacial score (nSPS) is 23.8. The van der Waals surface area contributed by atoms with Crippen molar-refractivity contribution in [2.24, 2.45) is 5.92 Å². The van der Waals surface area contributed by atoms with E-state index in [1.165, 1.54) is 0 Å². The van der Waals surface area contributed by atoms with E-state index in [4.69, 9.17) is 5.11 Å². The van der Waals surface area contributed by atoms with Crippen LogP contribution in [0.1, 0.15) is 33.6 Å². The quantitative estimate of drug-likeness (QED) is 0.815. The molecule has 0 aliphatic carbocycles. The number of carboxylic acids is 1. The number of nitrogens with zero attached hydrogens (tertiary/aromatic N) is 2. The summed E-state index contributed by atoms with van der Waals surface area (Å²) in [7, 11) is 0. The highest BCUT2D eigenvalue weighted by atomic mass is 16.4. The van der Waals surface area contributed by atoms with Gasteiger partial charge in [-0.3, -0.25) is 4.79 Å². The third-order valence-electron chi connectivity index (χ3n) is 3.46. The lowest BCUT2D eigenvalue weighted by Crippen LogP contribution is -2.46. The van der Waals surface area contributed by atoms with Gasteiger partial charge in [0.25, 0.3) is 0 Å². The highest BCUT2D eigenvalue weighted by molar-refractivity contribution is 5.78. The van der Waals surface area contributed by atoms with Crippen LogP contribution in [-0.2, 0) is 4.79 Å². The van der Waals surface area contributed by atoms with E-state index >= 15 is 0 Å². The summed E-state index contributed by atoms with van der Waals surface area (Å²) in [4.78, 5) is 26.7. The molecule has 1 rings (SSSR count). The number of rotatable bonds is 4. The van der Waals surface area contributed by atoms with Crippen LogP contribution in [0.3, 0.4) is 0 Å². The summed E-state index contributed by atoms with van der Waals surface area (Å²) in [6.45, 7) is 7.76. The van der Waals surface area contributed by atoms with Crippen molar-refractivity contribution in [2.75, 3.05) is 19.6 Å². The molecular formula is C12H22N2O3. The van der Waals surface area contributed by atoms with Gasteiger partial charge < -0.3 is 14.9 Å². The molecule has 1 fully saturated rings. The number of amides is 2. The molecule has 1 aliphatic heterocycles. The van der Waals surface area contributed by atoms with E-state index in [0.29, 0.717) is 19.5 Å². The first-order chi connectivity index (χ1) is 8.02. The largest absolute Gasteiger partial charge is 0.481 e. The zero-order valence-corrected chi connectivity index (χ0v) is 10.8. The lowest BCUT2D eigenvalue weighted by atomic mass is 10.0. The number of aliphatic carboxylic acids is 1. The van der Waals surface area contributed by atoms with E-state index in [9.17, 15) is 9.59 Å². The molecule has 2 unspecified atom stereocenters. The van der Waals surface area contributed by atoms with Crippen molar-refractivity contribution in [3.05, 3.63) is 0 Å². The molecule has 1 saturated heterocycles. The minimum Gasteiger partial charge on any atom is -0.481 e. The van der Waals surface area contributed by atoms with Crippen LogP contribution >= 0.6 is 0 Å². The molecule has 0 radical (unpaired) electrons. The lowest BCUT2D eigenvalue weighted by Gasteiger charge is -2.30. The maximum absolute atomic E-state index is 12.2. The van der Waals surface area contributed by atoms with Crippen LogP contribution < -0.4 is 0 Å².